The number of carbonyl (C=O) groups is 2. The topological polar surface area (TPSA) is 52.6 Å². The highest BCUT2D eigenvalue weighted by molar-refractivity contribution is 5.91. The molecule has 0 spiro atoms. The van der Waals surface area contributed by atoms with Crippen LogP contribution in [-0.4, -0.2) is 24.6 Å². The summed E-state index contributed by atoms with van der Waals surface area (Å²) in [5, 5.41) is 0. The first kappa shape index (κ1) is 14.0. The smallest absolute Gasteiger partial charge is 0.317 e. The van der Waals surface area contributed by atoms with Crippen LogP contribution in [0.4, 0.5) is 0 Å². The van der Waals surface area contributed by atoms with Gasteiger partial charge in [-0.15, -0.1) is 0 Å². The highest BCUT2D eigenvalue weighted by Gasteiger charge is 2.21. The van der Waals surface area contributed by atoms with Crippen molar-refractivity contribution in [2.75, 3.05) is 6.61 Å². The molecule has 1 aliphatic carbocycles. The van der Waals surface area contributed by atoms with Gasteiger partial charge >= 0.3 is 11.9 Å². The van der Waals surface area contributed by atoms with Crippen molar-refractivity contribution in [2.24, 2.45) is 5.92 Å². The second kappa shape index (κ2) is 7.30. The van der Waals surface area contributed by atoms with Crippen LogP contribution in [0.5, 0.6) is 0 Å². The second-order valence-electron chi connectivity index (χ2n) is 4.98. The summed E-state index contributed by atoms with van der Waals surface area (Å²) in [6.45, 7) is 4.50. The Hall–Kier alpha value is -1.06. The Morgan fingerprint density at radius 1 is 1.18 bits per heavy atom. The molecule has 0 radical (unpaired) electrons. The Balaban J connectivity index is 2.10. The zero-order chi connectivity index (χ0) is 12.7. The Kier molecular flexibility index (Phi) is 6.01. The van der Waals surface area contributed by atoms with E-state index in [1.54, 1.807) is 0 Å². The van der Waals surface area contributed by atoms with Crippen molar-refractivity contribution in [3.63, 3.8) is 0 Å². The lowest BCUT2D eigenvalue weighted by Gasteiger charge is -2.11. The molecule has 0 N–H and O–H groups in total. The van der Waals surface area contributed by atoms with E-state index in [1.165, 1.54) is 0 Å². The van der Waals surface area contributed by atoms with Gasteiger partial charge in [0, 0.05) is 0 Å². The molecule has 0 atom stereocenters. The van der Waals surface area contributed by atoms with Crippen LogP contribution in [0.15, 0.2) is 0 Å². The van der Waals surface area contributed by atoms with Gasteiger partial charge in [-0.05, 0) is 38.0 Å². The fraction of sp³-hybridized carbons (Fsp3) is 0.846. The van der Waals surface area contributed by atoms with Crippen LogP contribution >= 0.6 is 0 Å². The number of rotatable bonds is 6. The summed E-state index contributed by atoms with van der Waals surface area (Å²) in [6, 6.07) is 0. The van der Waals surface area contributed by atoms with Crippen LogP contribution in [0.25, 0.3) is 0 Å². The lowest BCUT2D eigenvalue weighted by molar-refractivity contribution is -0.157. The first-order chi connectivity index (χ1) is 8.08. The fourth-order valence-corrected chi connectivity index (χ4v) is 1.81. The molecule has 98 valence electrons. The van der Waals surface area contributed by atoms with Crippen molar-refractivity contribution in [3.05, 3.63) is 0 Å². The minimum atomic E-state index is -0.478. The van der Waals surface area contributed by atoms with Crippen LogP contribution in [0.3, 0.4) is 0 Å². The summed E-state index contributed by atoms with van der Waals surface area (Å²) in [6.07, 6.45) is 4.65. The zero-order valence-electron chi connectivity index (χ0n) is 10.7. The first-order valence-corrected chi connectivity index (χ1v) is 6.43. The van der Waals surface area contributed by atoms with Crippen LogP contribution in [0.1, 0.15) is 52.4 Å². The van der Waals surface area contributed by atoms with Crippen molar-refractivity contribution in [1.82, 2.24) is 0 Å². The summed E-state index contributed by atoms with van der Waals surface area (Å²) in [7, 11) is 0. The molecular formula is C13H22O4. The van der Waals surface area contributed by atoms with E-state index in [2.05, 4.69) is 13.8 Å². The van der Waals surface area contributed by atoms with E-state index < -0.39 is 11.9 Å². The van der Waals surface area contributed by atoms with Gasteiger partial charge in [-0.25, -0.2) is 0 Å². The third-order valence-corrected chi connectivity index (χ3v) is 2.85. The average Bonchev–Trinajstić information content (AvgIpc) is 2.69. The summed E-state index contributed by atoms with van der Waals surface area (Å²) >= 11 is 0. The highest BCUT2D eigenvalue weighted by Crippen LogP contribution is 2.21. The molecule has 4 nitrogen and oxygen atoms in total. The summed E-state index contributed by atoms with van der Waals surface area (Å²) in [5.74, 6) is -0.437. The van der Waals surface area contributed by atoms with E-state index in [0.29, 0.717) is 12.5 Å². The molecular weight excluding hydrogens is 220 g/mol. The van der Waals surface area contributed by atoms with Crippen LogP contribution in [0.2, 0.25) is 0 Å². The van der Waals surface area contributed by atoms with E-state index in [4.69, 9.17) is 9.47 Å². The van der Waals surface area contributed by atoms with Crippen LogP contribution in [-0.2, 0) is 19.1 Å². The van der Waals surface area contributed by atoms with E-state index in [9.17, 15) is 9.59 Å². The predicted octanol–water partition coefficient (Wildman–Crippen LogP) is 2.45. The van der Waals surface area contributed by atoms with E-state index >= 15 is 0 Å². The van der Waals surface area contributed by atoms with Crippen molar-refractivity contribution in [2.45, 2.75) is 58.5 Å². The van der Waals surface area contributed by atoms with Gasteiger partial charge in [0.1, 0.15) is 12.5 Å². The molecule has 0 saturated heterocycles. The molecule has 1 aliphatic rings. The minimum absolute atomic E-state index is 0.0194. The summed E-state index contributed by atoms with van der Waals surface area (Å²) in [4.78, 5) is 22.7. The molecule has 0 aromatic rings. The second-order valence-corrected chi connectivity index (χ2v) is 4.98. The van der Waals surface area contributed by atoms with Crippen molar-refractivity contribution in [3.8, 4) is 0 Å². The number of hydrogen-bond acceptors (Lipinski definition) is 4. The molecule has 0 heterocycles. The Bertz CT molecular complexity index is 254. The van der Waals surface area contributed by atoms with Gasteiger partial charge in [-0.1, -0.05) is 13.8 Å². The van der Waals surface area contributed by atoms with Gasteiger partial charge in [-0.2, -0.15) is 0 Å². The van der Waals surface area contributed by atoms with Crippen LogP contribution < -0.4 is 0 Å². The third kappa shape index (κ3) is 6.29. The zero-order valence-corrected chi connectivity index (χ0v) is 10.7. The SMILES string of the molecule is CC(C)CCOC(=O)CC(=O)OC1CCCC1. The van der Waals surface area contributed by atoms with Gasteiger partial charge in [-0.3, -0.25) is 9.59 Å². The molecule has 4 heteroatoms. The number of ether oxygens (including phenoxy) is 2. The summed E-state index contributed by atoms with van der Waals surface area (Å²) in [5.41, 5.74) is 0. The van der Waals surface area contributed by atoms with Gasteiger partial charge in [0.05, 0.1) is 6.61 Å². The van der Waals surface area contributed by atoms with E-state index in [-0.39, 0.29) is 12.5 Å². The molecule has 1 fully saturated rings. The summed E-state index contributed by atoms with van der Waals surface area (Å²) < 4.78 is 10.1. The Labute approximate surface area is 103 Å². The van der Waals surface area contributed by atoms with Gasteiger partial charge in [0.25, 0.3) is 0 Å². The molecule has 0 bridgehead atoms. The van der Waals surface area contributed by atoms with Crippen molar-refractivity contribution in [1.29, 1.82) is 0 Å². The lowest BCUT2D eigenvalue weighted by Crippen LogP contribution is -2.19. The van der Waals surface area contributed by atoms with Gasteiger partial charge < -0.3 is 9.47 Å². The lowest BCUT2D eigenvalue weighted by atomic mass is 10.1. The maximum absolute atomic E-state index is 11.4. The fourth-order valence-electron chi connectivity index (χ4n) is 1.81. The number of esters is 2. The van der Waals surface area contributed by atoms with Crippen molar-refractivity contribution >= 4 is 11.9 Å². The third-order valence-electron chi connectivity index (χ3n) is 2.85. The maximum Gasteiger partial charge on any atom is 0.317 e. The Morgan fingerprint density at radius 3 is 2.41 bits per heavy atom. The predicted molar refractivity (Wildman–Crippen MR) is 63.4 cm³/mol. The highest BCUT2D eigenvalue weighted by atomic mass is 16.6. The number of carbonyl (C=O) groups excluding carboxylic acids is 2. The normalized spacial score (nSPS) is 16.2. The largest absolute Gasteiger partial charge is 0.465 e. The minimum Gasteiger partial charge on any atom is -0.465 e. The van der Waals surface area contributed by atoms with Crippen LogP contribution in [0, 0.1) is 5.92 Å². The number of hydrogen-bond donors (Lipinski definition) is 0. The van der Waals surface area contributed by atoms with Gasteiger partial charge in [0.2, 0.25) is 0 Å². The Morgan fingerprint density at radius 2 is 1.82 bits per heavy atom. The van der Waals surface area contributed by atoms with Crippen molar-refractivity contribution < 1.29 is 19.1 Å². The molecule has 17 heavy (non-hydrogen) atoms. The quantitative estimate of drug-likeness (QED) is 0.530. The molecule has 0 unspecified atom stereocenters. The van der Waals surface area contributed by atoms with E-state index in [0.717, 1.165) is 32.1 Å². The maximum atomic E-state index is 11.4. The van der Waals surface area contributed by atoms with Gasteiger partial charge in [0.15, 0.2) is 0 Å². The molecule has 1 saturated carbocycles. The molecule has 1 rings (SSSR count). The monoisotopic (exact) mass is 242 g/mol. The first-order valence-electron chi connectivity index (χ1n) is 6.43. The molecule has 0 aromatic heterocycles. The van der Waals surface area contributed by atoms with E-state index in [1.807, 2.05) is 0 Å². The standard InChI is InChI=1S/C13H22O4/c1-10(2)7-8-16-12(14)9-13(15)17-11-5-3-4-6-11/h10-11H,3-9H2,1-2H3. The average molecular weight is 242 g/mol. The molecule has 0 aromatic carbocycles. The molecule has 0 aliphatic heterocycles. The molecule has 0 amide bonds.